The highest BCUT2D eigenvalue weighted by atomic mass is 35.5. The van der Waals surface area contributed by atoms with Crippen molar-refractivity contribution >= 4 is 28.8 Å². The van der Waals surface area contributed by atoms with Gasteiger partial charge in [0.05, 0.1) is 24.8 Å². The molecule has 1 heterocycles. The molecule has 0 spiro atoms. The number of ether oxygens (including phenoxy) is 2. The maximum absolute atomic E-state index is 12.4. The second-order valence-corrected chi connectivity index (χ2v) is 6.43. The van der Waals surface area contributed by atoms with E-state index in [-0.39, 0.29) is 11.9 Å². The summed E-state index contributed by atoms with van der Waals surface area (Å²) in [6.45, 7) is 4.49. The van der Waals surface area contributed by atoms with Crippen LogP contribution < -0.4 is 14.8 Å². The Balaban J connectivity index is 2.18. The Morgan fingerprint density at radius 2 is 2.22 bits per heavy atom. The van der Waals surface area contributed by atoms with Crippen molar-refractivity contribution < 1.29 is 14.3 Å². The Kier molecular flexibility index (Phi) is 6.30. The topological polar surface area (TPSA) is 47.6 Å². The van der Waals surface area contributed by atoms with Crippen LogP contribution in [0.5, 0.6) is 11.5 Å². The quantitative estimate of drug-likeness (QED) is 0.785. The number of amides is 1. The van der Waals surface area contributed by atoms with Crippen molar-refractivity contribution in [1.29, 1.82) is 0 Å². The molecule has 0 aliphatic carbocycles. The summed E-state index contributed by atoms with van der Waals surface area (Å²) in [6, 6.07) is 7.13. The van der Waals surface area contributed by atoms with E-state index in [0.717, 1.165) is 11.3 Å². The molecule has 1 aromatic heterocycles. The molecular weight excluding hydrogens is 334 g/mol. The van der Waals surface area contributed by atoms with Gasteiger partial charge in [0, 0.05) is 10.4 Å². The molecule has 4 nitrogen and oxygen atoms in total. The van der Waals surface area contributed by atoms with Crippen LogP contribution in [0.3, 0.4) is 0 Å². The van der Waals surface area contributed by atoms with Crippen LogP contribution in [-0.2, 0) is 0 Å². The zero-order valence-electron chi connectivity index (χ0n) is 13.4. The van der Waals surface area contributed by atoms with E-state index in [1.54, 1.807) is 23.5 Å². The van der Waals surface area contributed by atoms with Gasteiger partial charge in [0.1, 0.15) is 0 Å². The normalized spacial score (nSPS) is 11.8. The molecule has 0 radical (unpaired) electrons. The van der Waals surface area contributed by atoms with Crippen LogP contribution in [0.15, 0.2) is 29.6 Å². The molecule has 1 unspecified atom stereocenters. The van der Waals surface area contributed by atoms with E-state index in [2.05, 4.69) is 5.32 Å². The van der Waals surface area contributed by atoms with E-state index in [0.29, 0.717) is 28.7 Å². The summed E-state index contributed by atoms with van der Waals surface area (Å²) >= 11 is 7.85. The number of carbonyl (C=O) groups excluding carboxylic acids is 1. The van der Waals surface area contributed by atoms with Gasteiger partial charge in [-0.1, -0.05) is 24.6 Å². The lowest BCUT2D eigenvalue weighted by Crippen LogP contribution is -2.26. The molecule has 0 saturated carbocycles. The van der Waals surface area contributed by atoms with Crippen molar-refractivity contribution in [3.8, 4) is 11.5 Å². The number of rotatable bonds is 7. The lowest BCUT2D eigenvalue weighted by atomic mass is 10.1. The first-order valence-electron chi connectivity index (χ1n) is 7.41. The number of carbonyl (C=O) groups is 1. The Morgan fingerprint density at radius 3 is 2.83 bits per heavy atom. The van der Waals surface area contributed by atoms with Crippen LogP contribution >= 0.6 is 22.9 Å². The molecule has 0 bridgehead atoms. The van der Waals surface area contributed by atoms with Gasteiger partial charge in [-0.3, -0.25) is 4.79 Å². The Morgan fingerprint density at radius 1 is 1.43 bits per heavy atom. The van der Waals surface area contributed by atoms with Crippen LogP contribution in [-0.4, -0.2) is 19.6 Å². The standard InChI is InChI=1S/C17H20ClNO3S/c1-4-7-22-16-13(18)9-12(10-14(16)21-3)17(20)19-11(2)15-6-5-8-23-15/h5-6,8-11H,4,7H2,1-3H3,(H,19,20). The van der Waals surface area contributed by atoms with E-state index >= 15 is 0 Å². The van der Waals surface area contributed by atoms with Gasteiger partial charge in [-0.05, 0) is 36.9 Å². The summed E-state index contributed by atoms with van der Waals surface area (Å²) in [5.74, 6) is 0.729. The minimum atomic E-state index is -0.201. The highest BCUT2D eigenvalue weighted by Gasteiger charge is 2.18. The monoisotopic (exact) mass is 353 g/mol. The average molecular weight is 354 g/mol. The first-order valence-corrected chi connectivity index (χ1v) is 8.67. The van der Waals surface area contributed by atoms with E-state index in [1.807, 2.05) is 31.4 Å². The fourth-order valence-corrected chi connectivity index (χ4v) is 3.08. The second-order valence-electron chi connectivity index (χ2n) is 5.05. The van der Waals surface area contributed by atoms with Crippen molar-refractivity contribution in [2.75, 3.05) is 13.7 Å². The van der Waals surface area contributed by atoms with E-state index < -0.39 is 0 Å². The van der Waals surface area contributed by atoms with Crippen molar-refractivity contribution in [2.24, 2.45) is 0 Å². The predicted molar refractivity (Wildman–Crippen MR) is 94.0 cm³/mol. The molecule has 0 saturated heterocycles. The van der Waals surface area contributed by atoms with Crippen molar-refractivity contribution in [1.82, 2.24) is 5.32 Å². The summed E-state index contributed by atoms with van der Waals surface area (Å²) in [7, 11) is 1.53. The van der Waals surface area contributed by atoms with Gasteiger partial charge in [0.15, 0.2) is 11.5 Å². The van der Waals surface area contributed by atoms with Gasteiger partial charge < -0.3 is 14.8 Å². The first kappa shape index (κ1) is 17.6. The third-order valence-corrected chi connectivity index (χ3v) is 4.60. The number of halogens is 1. The van der Waals surface area contributed by atoms with Gasteiger partial charge in [-0.2, -0.15) is 0 Å². The molecule has 6 heteroatoms. The van der Waals surface area contributed by atoms with Gasteiger partial charge in [0.2, 0.25) is 0 Å². The lowest BCUT2D eigenvalue weighted by Gasteiger charge is -2.15. The molecule has 124 valence electrons. The largest absolute Gasteiger partial charge is 0.493 e. The molecule has 0 aliphatic rings. The van der Waals surface area contributed by atoms with Gasteiger partial charge in [0.25, 0.3) is 5.91 Å². The molecule has 1 atom stereocenters. The van der Waals surface area contributed by atoms with Gasteiger partial charge in [-0.15, -0.1) is 11.3 Å². The third kappa shape index (κ3) is 4.39. The molecule has 0 fully saturated rings. The minimum absolute atomic E-state index is 0.0664. The molecule has 2 aromatic rings. The average Bonchev–Trinajstić information content (AvgIpc) is 3.07. The summed E-state index contributed by atoms with van der Waals surface area (Å²) < 4.78 is 10.9. The fourth-order valence-electron chi connectivity index (χ4n) is 2.08. The SMILES string of the molecule is CCCOc1c(Cl)cc(C(=O)NC(C)c2cccs2)cc1OC. The molecule has 0 aliphatic heterocycles. The van der Waals surface area contributed by atoms with E-state index in [1.165, 1.54) is 7.11 Å². The smallest absolute Gasteiger partial charge is 0.251 e. The predicted octanol–water partition coefficient (Wildman–Crippen LogP) is 4.69. The maximum atomic E-state index is 12.4. The first-order chi connectivity index (χ1) is 11.1. The molecule has 1 aromatic carbocycles. The van der Waals surface area contributed by atoms with Gasteiger partial charge >= 0.3 is 0 Å². The second kappa shape index (κ2) is 8.22. The summed E-state index contributed by atoms with van der Waals surface area (Å²) in [4.78, 5) is 13.5. The zero-order chi connectivity index (χ0) is 16.8. The van der Waals surface area contributed by atoms with Crippen molar-refractivity contribution in [3.05, 3.63) is 45.1 Å². The minimum Gasteiger partial charge on any atom is -0.493 e. The van der Waals surface area contributed by atoms with Gasteiger partial charge in [-0.25, -0.2) is 0 Å². The van der Waals surface area contributed by atoms with E-state index in [9.17, 15) is 4.79 Å². The van der Waals surface area contributed by atoms with Crippen LogP contribution in [0.4, 0.5) is 0 Å². The van der Waals surface area contributed by atoms with Crippen LogP contribution in [0.1, 0.15) is 41.5 Å². The number of thiophene rings is 1. The Bertz CT molecular complexity index is 658. The number of methoxy groups -OCH3 is 1. The maximum Gasteiger partial charge on any atom is 0.251 e. The molecule has 23 heavy (non-hydrogen) atoms. The van der Waals surface area contributed by atoms with E-state index in [4.69, 9.17) is 21.1 Å². The Labute approximate surface area is 145 Å². The van der Waals surface area contributed by atoms with Crippen LogP contribution in [0.2, 0.25) is 5.02 Å². The van der Waals surface area contributed by atoms with Crippen molar-refractivity contribution in [2.45, 2.75) is 26.3 Å². The number of hydrogen-bond acceptors (Lipinski definition) is 4. The molecule has 1 N–H and O–H groups in total. The zero-order valence-corrected chi connectivity index (χ0v) is 15.0. The summed E-state index contributed by atoms with van der Waals surface area (Å²) in [5.41, 5.74) is 0.444. The fraction of sp³-hybridized carbons (Fsp3) is 0.353. The molecule has 1 amide bonds. The lowest BCUT2D eigenvalue weighted by molar-refractivity contribution is 0.0940. The van der Waals surface area contributed by atoms with Crippen molar-refractivity contribution in [3.63, 3.8) is 0 Å². The highest BCUT2D eigenvalue weighted by Crippen LogP contribution is 2.36. The Hall–Kier alpha value is -1.72. The number of benzene rings is 1. The molecular formula is C17H20ClNO3S. The summed E-state index contributed by atoms with van der Waals surface area (Å²) in [5, 5.41) is 5.31. The summed E-state index contributed by atoms with van der Waals surface area (Å²) in [6.07, 6.45) is 0.861. The third-order valence-electron chi connectivity index (χ3n) is 3.26. The van der Waals surface area contributed by atoms with Crippen LogP contribution in [0.25, 0.3) is 0 Å². The number of hydrogen-bond donors (Lipinski definition) is 1. The number of nitrogens with one attached hydrogen (secondary N) is 1. The molecule has 2 rings (SSSR count). The highest BCUT2D eigenvalue weighted by molar-refractivity contribution is 7.10. The van der Waals surface area contributed by atoms with Crippen LogP contribution in [0, 0.1) is 0 Å².